The van der Waals surface area contributed by atoms with Crippen LogP contribution >= 0.6 is 11.6 Å². The minimum Gasteiger partial charge on any atom is -0.485 e. The van der Waals surface area contributed by atoms with Crippen LogP contribution in [0.25, 0.3) is 0 Å². The van der Waals surface area contributed by atoms with Crippen molar-refractivity contribution < 1.29 is 14.3 Å². The van der Waals surface area contributed by atoms with Crippen LogP contribution in [0.4, 0.5) is 0 Å². The van der Waals surface area contributed by atoms with Crippen molar-refractivity contribution in [3.8, 4) is 11.5 Å². The number of hydrogen-bond donors (Lipinski definition) is 1. The molecule has 5 nitrogen and oxygen atoms in total. The Bertz CT molecular complexity index is 551. The van der Waals surface area contributed by atoms with Gasteiger partial charge in [-0.1, -0.05) is 11.6 Å². The van der Waals surface area contributed by atoms with E-state index in [1.54, 1.807) is 18.2 Å². The molecule has 0 amide bonds. The van der Waals surface area contributed by atoms with Gasteiger partial charge in [0.15, 0.2) is 17.6 Å². The predicted molar refractivity (Wildman–Crippen MR) is 75.0 cm³/mol. The molecule has 1 unspecified atom stereocenters. The fraction of sp³-hybridized carbons (Fsp3) is 0.429. The highest BCUT2D eigenvalue weighted by Crippen LogP contribution is 2.35. The molecule has 6 heteroatoms. The fourth-order valence-electron chi connectivity index (χ4n) is 2.42. The Balaban J connectivity index is 1.79. The first-order chi connectivity index (χ1) is 9.78. The second kappa shape index (κ2) is 5.75. The van der Waals surface area contributed by atoms with Gasteiger partial charge in [0.2, 0.25) is 0 Å². The van der Waals surface area contributed by atoms with Crippen LogP contribution in [0.1, 0.15) is 0 Å². The summed E-state index contributed by atoms with van der Waals surface area (Å²) in [4.78, 5) is 13.3. The van der Waals surface area contributed by atoms with E-state index in [0.717, 1.165) is 26.2 Å². The third-order valence-electron chi connectivity index (χ3n) is 3.43. The molecule has 1 fully saturated rings. The van der Waals surface area contributed by atoms with E-state index in [0.29, 0.717) is 28.8 Å². The minimum absolute atomic E-state index is 0.309. The van der Waals surface area contributed by atoms with E-state index >= 15 is 0 Å². The van der Waals surface area contributed by atoms with Crippen LogP contribution in [0.3, 0.4) is 0 Å². The van der Waals surface area contributed by atoms with Crippen molar-refractivity contribution in [2.75, 3.05) is 32.8 Å². The molecule has 3 rings (SSSR count). The fourth-order valence-corrected chi connectivity index (χ4v) is 2.58. The number of ether oxygens (including phenoxy) is 2. The zero-order chi connectivity index (χ0) is 13.9. The molecule has 1 aromatic carbocycles. The van der Waals surface area contributed by atoms with Gasteiger partial charge in [0.25, 0.3) is 0 Å². The number of hydrogen-bond acceptors (Lipinski definition) is 5. The minimum atomic E-state index is -0.434. The Morgan fingerprint density at radius 1 is 1.35 bits per heavy atom. The van der Waals surface area contributed by atoms with Crippen molar-refractivity contribution in [2.24, 2.45) is 0 Å². The molecule has 1 aromatic rings. The van der Waals surface area contributed by atoms with E-state index in [9.17, 15) is 4.79 Å². The number of piperazine rings is 1. The number of halogens is 1. The Morgan fingerprint density at radius 3 is 2.90 bits per heavy atom. The zero-order valence-corrected chi connectivity index (χ0v) is 11.7. The average molecular weight is 295 g/mol. The van der Waals surface area contributed by atoms with Crippen molar-refractivity contribution in [1.82, 2.24) is 10.2 Å². The normalized spacial score (nSPS) is 21.2. The maximum atomic E-state index is 11.3. The maximum absolute atomic E-state index is 11.3. The van der Waals surface area contributed by atoms with Gasteiger partial charge in [-0.25, -0.2) is 4.79 Å². The first kappa shape index (κ1) is 13.3. The zero-order valence-electron chi connectivity index (χ0n) is 10.9. The molecular formula is C14H15ClN2O3. The number of benzene rings is 1. The Morgan fingerprint density at radius 2 is 2.15 bits per heavy atom. The van der Waals surface area contributed by atoms with Crippen LogP contribution in [-0.2, 0) is 4.79 Å². The molecule has 2 aliphatic heterocycles. The lowest BCUT2D eigenvalue weighted by Gasteiger charge is -2.35. The van der Waals surface area contributed by atoms with E-state index in [1.165, 1.54) is 0 Å². The summed E-state index contributed by atoms with van der Waals surface area (Å²) >= 11 is 5.95. The first-order valence-corrected chi connectivity index (χ1v) is 6.95. The van der Waals surface area contributed by atoms with Crippen molar-refractivity contribution in [3.05, 3.63) is 28.9 Å². The monoisotopic (exact) mass is 294 g/mol. The predicted octanol–water partition coefficient (Wildman–Crippen LogP) is 1.10. The van der Waals surface area contributed by atoms with Crippen LogP contribution in [-0.4, -0.2) is 49.7 Å². The summed E-state index contributed by atoms with van der Waals surface area (Å²) in [6.07, 6.45) is -0.434. The van der Waals surface area contributed by atoms with E-state index in [2.05, 4.69) is 5.32 Å². The summed E-state index contributed by atoms with van der Waals surface area (Å²) in [5.41, 5.74) is 0.511. The molecule has 20 heavy (non-hydrogen) atoms. The van der Waals surface area contributed by atoms with Gasteiger partial charge >= 0.3 is 0 Å². The number of nitrogens with one attached hydrogen (secondary N) is 1. The molecule has 1 atom stereocenters. The van der Waals surface area contributed by atoms with Gasteiger partial charge in [-0.15, -0.1) is 0 Å². The summed E-state index contributed by atoms with van der Waals surface area (Å²) in [5.74, 6) is 3.23. The molecule has 0 aromatic heterocycles. The SMILES string of the molecule is O=C=C(C1COc2ccc(Cl)cc2O1)N1CCNCC1. The molecule has 0 saturated carbocycles. The second-order valence-electron chi connectivity index (χ2n) is 4.73. The standard InChI is InChI=1S/C14H15ClN2O3/c15-10-1-2-12-13(7-10)20-14(9-19-12)11(8-18)17-5-3-16-4-6-17/h1-2,7,14,16H,3-6,9H2. The third-order valence-corrected chi connectivity index (χ3v) is 3.67. The van der Waals surface area contributed by atoms with Crippen molar-refractivity contribution in [2.45, 2.75) is 6.10 Å². The van der Waals surface area contributed by atoms with Crippen molar-refractivity contribution in [3.63, 3.8) is 0 Å². The van der Waals surface area contributed by atoms with Crippen LogP contribution in [0.5, 0.6) is 11.5 Å². The van der Waals surface area contributed by atoms with Crippen molar-refractivity contribution in [1.29, 1.82) is 0 Å². The molecular weight excluding hydrogens is 280 g/mol. The van der Waals surface area contributed by atoms with Crippen molar-refractivity contribution >= 4 is 17.5 Å². The summed E-state index contributed by atoms with van der Waals surface area (Å²) < 4.78 is 11.5. The topological polar surface area (TPSA) is 50.8 Å². The lowest BCUT2D eigenvalue weighted by molar-refractivity contribution is 0.0899. The van der Waals surface area contributed by atoms with Crippen LogP contribution in [0.15, 0.2) is 23.9 Å². The molecule has 0 radical (unpaired) electrons. The van der Waals surface area contributed by atoms with E-state index in [1.807, 2.05) is 10.8 Å². The molecule has 0 bridgehead atoms. The summed E-state index contributed by atoms with van der Waals surface area (Å²) in [6, 6.07) is 5.21. The molecule has 2 aliphatic rings. The smallest absolute Gasteiger partial charge is 0.183 e. The van der Waals surface area contributed by atoms with Gasteiger partial charge in [0, 0.05) is 37.3 Å². The second-order valence-corrected chi connectivity index (χ2v) is 5.17. The average Bonchev–Trinajstić information content (AvgIpc) is 2.49. The Hall–Kier alpha value is -1.68. The first-order valence-electron chi connectivity index (χ1n) is 6.57. The van der Waals surface area contributed by atoms with Gasteiger partial charge < -0.3 is 19.7 Å². The van der Waals surface area contributed by atoms with E-state index < -0.39 is 6.10 Å². The van der Waals surface area contributed by atoms with Gasteiger partial charge in [0.05, 0.1) is 0 Å². The highest BCUT2D eigenvalue weighted by atomic mass is 35.5. The van der Waals surface area contributed by atoms with Crippen LogP contribution < -0.4 is 14.8 Å². The van der Waals surface area contributed by atoms with Gasteiger partial charge in [0.1, 0.15) is 18.2 Å². The van der Waals surface area contributed by atoms with Crippen LogP contribution in [0.2, 0.25) is 5.02 Å². The summed E-state index contributed by atoms with van der Waals surface area (Å²) in [5, 5.41) is 3.82. The Kier molecular flexibility index (Phi) is 3.83. The highest BCUT2D eigenvalue weighted by Gasteiger charge is 2.29. The summed E-state index contributed by atoms with van der Waals surface area (Å²) in [7, 11) is 0. The van der Waals surface area contributed by atoms with E-state index in [4.69, 9.17) is 21.1 Å². The molecule has 1 saturated heterocycles. The Labute approximate surface area is 122 Å². The lowest BCUT2D eigenvalue weighted by atomic mass is 10.2. The molecule has 2 heterocycles. The lowest BCUT2D eigenvalue weighted by Crippen LogP contribution is -2.47. The van der Waals surface area contributed by atoms with Gasteiger partial charge in [-0.2, -0.15) is 0 Å². The number of fused-ring (bicyclic) bond motifs is 1. The quantitative estimate of drug-likeness (QED) is 0.828. The summed E-state index contributed by atoms with van der Waals surface area (Å²) in [6.45, 7) is 3.55. The van der Waals surface area contributed by atoms with Gasteiger partial charge in [-0.3, -0.25) is 0 Å². The molecule has 1 N–H and O–H groups in total. The molecule has 0 aliphatic carbocycles. The third kappa shape index (κ3) is 2.61. The van der Waals surface area contributed by atoms with E-state index in [-0.39, 0.29) is 0 Å². The largest absolute Gasteiger partial charge is 0.485 e. The number of nitrogens with zero attached hydrogens (tertiary/aromatic N) is 1. The maximum Gasteiger partial charge on any atom is 0.183 e. The highest BCUT2D eigenvalue weighted by molar-refractivity contribution is 6.30. The number of rotatable bonds is 2. The molecule has 106 valence electrons. The van der Waals surface area contributed by atoms with Gasteiger partial charge in [-0.05, 0) is 12.1 Å². The molecule has 0 spiro atoms. The van der Waals surface area contributed by atoms with Crippen LogP contribution in [0, 0.1) is 0 Å². The number of carbonyl (C=O) groups excluding carboxylic acids is 1.